The van der Waals surface area contributed by atoms with E-state index < -0.39 is 16.0 Å². The highest BCUT2D eigenvalue weighted by Gasteiger charge is 2.30. The number of methoxy groups -OCH3 is 1. The molecule has 6 heteroatoms. The van der Waals surface area contributed by atoms with Gasteiger partial charge >= 0.3 is 5.97 Å². The lowest BCUT2D eigenvalue weighted by Crippen LogP contribution is -2.43. The molecule has 1 N–H and O–H groups in total. The van der Waals surface area contributed by atoms with Crippen molar-refractivity contribution in [3.63, 3.8) is 0 Å². The van der Waals surface area contributed by atoms with Crippen molar-refractivity contribution in [1.29, 1.82) is 0 Å². The molecule has 0 unspecified atom stereocenters. The molecule has 0 radical (unpaired) electrons. The average molecular weight is 325 g/mol. The lowest BCUT2D eigenvalue weighted by molar-refractivity contribution is 0.0600. The summed E-state index contributed by atoms with van der Waals surface area (Å²) in [6.45, 7) is 4.24. The molecule has 0 saturated heterocycles. The summed E-state index contributed by atoms with van der Waals surface area (Å²) < 4.78 is 32.5. The molecule has 0 bridgehead atoms. The Morgan fingerprint density at radius 2 is 2.00 bits per heavy atom. The molecular formula is C16H23NO4S. The fraction of sp³-hybridized carbons (Fsp3) is 0.562. The van der Waals surface area contributed by atoms with Gasteiger partial charge in [-0.3, -0.25) is 0 Å². The van der Waals surface area contributed by atoms with Gasteiger partial charge in [-0.15, -0.1) is 0 Å². The zero-order valence-electron chi connectivity index (χ0n) is 13.2. The molecule has 0 heterocycles. The Balaban J connectivity index is 2.21. The van der Waals surface area contributed by atoms with Crippen LogP contribution in [0.2, 0.25) is 0 Å². The van der Waals surface area contributed by atoms with Gasteiger partial charge < -0.3 is 4.74 Å². The smallest absolute Gasteiger partial charge is 0.337 e. The van der Waals surface area contributed by atoms with Crippen LogP contribution in [0.25, 0.3) is 0 Å². The van der Waals surface area contributed by atoms with Crippen LogP contribution in [0.5, 0.6) is 0 Å². The maximum absolute atomic E-state index is 12.6. The Labute approximate surface area is 132 Å². The summed E-state index contributed by atoms with van der Waals surface area (Å²) >= 11 is 0. The first-order chi connectivity index (χ1) is 10.3. The zero-order valence-corrected chi connectivity index (χ0v) is 14.0. The number of hydrogen-bond acceptors (Lipinski definition) is 4. The third-order valence-electron chi connectivity index (χ3n) is 4.58. The number of esters is 1. The summed E-state index contributed by atoms with van der Waals surface area (Å²) in [5.41, 5.74) is 0.232. The molecule has 22 heavy (non-hydrogen) atoms. The van der Waals surface area contributed by atoms with Gasteiger partial charge in [-0.25, -0.2) is 17.9 Å². The van der Waals surface area contributed by atoms with E-state index in [1.807, 2.05) is 0 Å². The molecule has 1 aliphatic rings. The molecule has 1 aromatic rings. The summed E-state index contributed by atoms with van der Waals surface area (Å²) in [5.74, 6) is 0.256. The molecule has 0 aliphatic heterocycles. The minimum absolute atomic E-state index is 0.0597. The zero-order chi connectivity index (χ0) is 16.3. The van der Waals surface area contributed by atoms with E-state index in [0.717, 1.165) is 19.3 Å². The van der Waals surface area contributed by atoms with Crippen LogP contribution in [0.15, 0.2) is 29.2 Å². The van der Waals surface area contributed by atoms with E-state index in [4.69, 9.17) is 0 Å². The van der Waals surface area contributed by atoms with Crippen LogP contribution < -0.4 is 4.72 Å². The summed E-state index contributed by atoms with van der Waals surface area (Å²) in [7, 11) is -2.37. The number of carbonyl (C=O) groups excluding carboxylic acids is 1. The van der Waals surface area contributed by atoms with Gasteiger partial charge in [0.25, 0.3) is 0 Å². The van der Waals surface area contributed by atoms with Gasteiger partial charge in [0, 0.05) is 6.04 Å². The van der Waals surface area contributed by atoms with Crippen molar-refractivity contribution in [2.45, 2.75) is 44.0 Å². The molecule has 0 aromatic heterocycles. The Kier molecular flexibility index (Phi) is 5.24. The minimum atomic E-state index is -3.64. The highest BCUT2D eigenvalue weighted by molar-refractivity contribution is 7.89. The second kappa shape index (κ2) is 6.79. The van der Waals surface area contributed by atoms with Crippen molar-refractivity contribution in [1.82, 2.24) is 4.72 Å². The first-order valence-corrected chi connectivity index (χ1v) is 9.04. The number of ether oxygens (including phenoxy) is 1. The van der Waals surface area contributed by atoms with E-state index in [1.165, 1.54) is 25.3 Å². The predicted octanol–water partition coefficient (Wildman–Crippen LogP) is 2.58. The predicted molar refractivity (Wildman–Crippen MR) is 84.1 cm³/mol. The molecule has 1 aliphatic carbocycles. The second-order valence-corrected chi connectivity index (χ2v) is 7.73. The van der Waals surface area contributed by atoms with Crippen molar-refractivity contribution in [2.75, 3.05) is 7.11 Å². The van der Waals surface area contributed by atoms with E-state index in [1.54, 1.807) is 6.07 Å². The molecule has 122 valence electrons. The van der Waals surface area contributed by atoms with Crippen LogP contribution >= 0.6 is 0 Å². The summed E-state index contributed by atoms with van der Waals surface area (Å²) in [6.07, 6.45) is 3.01. The summed E-state index contributed by atoms with van der Waals surface area (Å²) in [5, 5.41) is 0. The Morgan fingerprint density at radius 3 is 2.68 bits per heavy atom. The van der Waals surface area contributed by atoms with Crippen molar-refractivity contribution < 1.29 is 17.9 Å². The number of hydrogen-bond donors (Lipinski definition) is 1. The average Bonchev–Trinajstić information content (AvgIpc) is 2.51. The number of carbonyl (C=O) groups is 1. The molecular weight excluding hydrogens is 302 g/mol. The van der Waals surface area contributed by atoms with Gasteiger partial charge in [-0.2, -0.15) is 0 Å². The largest absolute Gasteiger partial charge is 0.465 e. The van der Waals surface area contributed by atoms with E-state index in [-0.39, 0.29) is 16.5 Å². The van der Waals surface area contributed by atoms with E-state index in [0.29, 0.717) is 11.8 Å². The van der Waals surface area contributed by atoms with Crippen LogP contribution in [0.3, 0.4) is 0 Å². The molecule has 2 rings (SSSR count). The fourth-order valence-electron chi connectivity index (χ4n) is 2.92. The molecule has 3 atom stereocenters. The van der Waals surface area contributed by atoms with Crippen LogP contribution in [-0.2, 0) is 14.8 Å². The number of rotatable bonds is 4. The van der Waals surface area contributed by atoms with Crippen LogP contribution in [0, 0.1) is 11.8 Å². The van der Waals surface area contributed by atoms with Crippen molar-refractivity contribution in [3.8, 4) is 0 Å². The molecule has 0 amide bonds. The molecule has 1 saturated carbocycles. The minimum Gasteiger partial charge on any atom is -0.465 e. The number of benzene rings is 1. The van der Waals surface area contributed by atoms with Crippen molar-refractivity contribution in [2.24, 2.45) is 11.8 Å². The molecule has 1 aromatic carbocycles. The third kappa shape index (κ3) is 3.67. The quantitative estimate of drug-likeness (QED) is 0.864. The van der Waals surface area contributed by atoms with Gasteiger partial charge in [0.2, 0.25) is 10.0 Å². The fourth-order valence-corrected chi connectivity index (χ4v) is 4.33. The van der Waals surface area contributed by atoms with E-state index in [2.05, 4.69) is 23.3 Å². The maximum Gasteiger partial charge on any atom is 0.337 e. The van der Waals surface area contributed by atoms with Crippen LogP contribution in [-0.4, -0.2) is 27.5 Å². The van der Waals surface area contributed by atoms with Gasteiger partial charge in [0.05, 0.1) is 17.6 Å². The van der Waals surface area contributed by atoms with Gasteiger partial charge in [0.15, 0.2) is 0 Å². The van der Waals surface area contributed by atoms with Crippen molar-refractivity contribution in [3.05, 3.63) is 29.8 Å². The standard InChI is InChI=1S/C16H23NO4S/c1-11-6-4-9-15(12(11)2)17-22(19,20)14-8-5-7-13(10-14)16(18)21-3/h5,7-8,10-12,15,17H,4,6,9H2,1-3H3/t11-,12+,15-/m1/s1. The normalized spacial score (nSPS) is 25.7. The number of sulfonamides is 1. The topological polar surface area (TPSA) is 72.5 Å². The van der Waals surface area contributed by atoms with E-state index >= 15 is 0 Å². The lowest BCUT2D eigenvalue weighted by Gasteiger charge is -2.34. The highest BCUT2D eigenvalue weighted by atomic mass is 32.2. The molecule has 0 spiro atoms. The number of nitrogens with one attached hydrogen (secondary N) is 1. The van der Waals surface area contributed by atoms with Crippen molar-refractivity contribution >= 4 is 16.0 Å². The first-order valence-electron chi connectivity index (χ1n) is 7.56. The summed E-state index contributed by atoms with van der Waals surface area (Å²) in [6, 6.07) is 5.87. The van der Waals surface area contributed by atoms with Gasteiger partial charge in [-0.05, 0) is 36.5 Å². The van der Waals surface area contributed by atoms with Gasteiger partial charge in [0.1, 0.15) is 0 Å². The van der Waals surface area contributed by atoms with Crippen LogP contribution in [0.4, 0.5) is 0 Å². The van der Waals surface area contributed by atoms with E-state index in [9.17, 15) is 13.2 Å². The second-order valence-electron chi connectivity index (χ2n) is 6.01. The Morgan fingerprint density at radius 1 is 1.27 bits per heavy atom. The molecule has 5 nitrogen and oxygen atoms in total. The van der Waals surface area contributed by atoms with Crippen LogP contribution in [0.1, 0.15) is 43.5 Å². The SMILES string of the molecule is COC(=O)c1cccc(S(=O)(=O)N[C@@H]2CCC[C@@H](C)[C@@H]2C)c1. The third-order valence-corrected chi connectivity index (χ3v) is 6.07. The highest BCUT2D eigenvalue weighted by Crippen LogP contribution is 2.30. The first kappa shape index (κ1) is 17.0. The summed E-state index contributed by atoms with van der Waals surface area (Å²) in [4.78, 5) is 11.6. The monoisotopic (exact) mass is 325 g/mol. The Bertz CT molecular complexity index is 641. The van der Waals surface area contributed by atoms with Gasteiger partial charge in [-0.1, -0.05) is 32.8 Å². The lowest BCUT2D eigenvalue weighted by atomic mass is 9.78. The maximum atomic E-state index is 12.6. The Hall–Kier alpha value is -1.40. The molecule has 1 fully saturated rings.